The third kappa shape index (κ3) is 2.95. The molecule has 0 radical (unpaired) electrons. The highest BCUT2D eigenvalue weighted by atomic mass is 32.2. The Bertz CT molecular complexity index is 334. The number of halogens is 1. The highest BCUT2D eigenvalue weighted by Crippen LogP contribution is 2.18. The standard InChI is InChI=1S/C12H16FNS/c1-9-2-3-12(13)10(6-9)7-14-11-4-5-15-8-11/h2-3,6,11,14H,4-5,7-8H2,1H3. The molecule has 0 amide bonds. The first kappa shape index (κ1) is 11.0. The molecule has 1 aromatic rings. The molecule has 1 nitrogen and oxygen atoms in total. The highest BCUT2D eigenvalue weighted by Gasteiger charge is 2.14. The number of hydrogen-bond acceptors (Lipinski definition) is 2. The molecule has 1 aliphatic heterocycles. The van der Waals surface area contributed by atoms with E-state index in [0.717, 1.165) is 16.9 Å². The molecule has 0 aromatic heterocycles. The maximum absolute atomic E-state index is 13.4. The van der Waals surface area contributed by atoms with E-state index in [9.17, 15) is 4.39 Å². The number of aryl methyl sites for hydroxylation is 1. The second-order valence-corrected chi connectivity index (χ2v) is 5.19. The van der Waals surface area contributed by atoms with E-state index in [1.54, 1.807) is 6.07 Å². The van der Waals surface area contributed by atoms with Gasteiger partial charge in [0.15, 0.2) is 0 Å². The molecule has 1 heterocycles. The van der Waals surface area contributed by atoms with Gasteiger partial charge in [-0.1, -0.05) is 17.7 Å². The second kappa shape index (κ2) is 4.99. The quantitative estimate of drug-likeness (QED) is 0.849. The Hall–Kier alpha value is -0.540. The summed E-state index contributed by atoms with van der Waals surface area (Å²) in [5.41, 5.74) is 1.90. The minimum atomic E-state index is -0.0984. The molecule has 0 bridgehead atoms. The summed E-state index contributed by atoms with van der Waals surface area (Å²) < 4.78 is 13.4. The lowest BCUT2D eigenvalue weighted by Crippen LogP contribution is -2.28. The Labute approximate surface area is 94.5 Å². The first-order chi connectivity index (χ1) is 7.25. The minimum Gasteiger partial charge on any atom is -0.309 e. The number of hydrogen-bond donors (Lipinski definition) is 1. The molecule has 0 saturated carbocycles. The smallest absolute Gasteiger partial charge is 0.127 e. The van der Waals surface area contributed by atoms with Crippen LogP contribution in [-0.2, 0) is 6.54 Å². The van der Waals surface area contributed by atoms with Crippen LogP contribution in [0.3, 0.4) is 0 Å². The van der Waals surface area contributed by atoms with Crippen molar-refractivity contribution in [2.45, 2.75) is 25.9 Å². The molecule has 2 rings (SSSR count). The van der Waals surface area contributed by atoms with Gasteiger partial charge in [-0.25, -0.2) is 4.39 Å². The van der Waals surface area contributed by atoms with Crippen LogP contribution in [0.2, 0.25) is 0 Å². The molecule has 0 aliphatic carbocycles. The van der Waals surface area contributed by atoms with E-state index in [0.29, 0.717) is 12.6 Å². The van der Waals surface area contributed by atoms with Crippen LogP contribution < -0.4 is 5.32 Å². The summed E-state index contributed by atoms with van der Waals surface area (Å²) in [7, 11) is 0. The maximum Gasteiger partial charge on any atom is 0.127 e. The number of thioether (sulfide) groups is 1. The van der Waals surface area contributed by atoms with Gasteiger partial charge in [-0.05, 0) is 25.2 Å². The molecule has 1 aliphatic rings. The van der Waals surface area contributed by atoms with Gasteiger partial charge in [0.05, 0.1) is 0 Å². The van der Waals surface area contributed by atoms with Gasteiger partial charge in [0.1, 0.15) is 5.82 Å². The molecular weight excluding hydrogens is 209 g/mol. The van der Waals surface area contributed by atoms with E-state index in [-0.39, 0.29) is 5.82 Å². The van der Waals surface area contributed by atoms with Crippen LogP contribution in [0.25, 0.3) is 0 Å². The molecule has 0 spiro atoms. The zero-order valence-electron chi connectivity index (χ0n) is 8.92. The van der Waals surface area contributed by atoms with Gasteiger partial charge >= 0.3 is 0 Å². The maximum atomic E-state index is 13.4. The van der Waals surface area contributed by atoms with Crippen molar-refractivity contribution in [1.29, 1.82) is 0 Å². The lowest BCUT2D eigenvalue weighted by Gasteiger charge is -2.11. The molecular formula is C12H16FNS. The van der Waals surface area contributed by atoms with Gasteiger partial charge in [0.25, 0.3) is 0 Å². The summed E-state index contributed by atoms with van der Waals surface area (Å²) in [4.78, 5) is 0. The van der Waals surface area contributed by atoms with Crippen LogP contribution >= 0.6 is 11.8 Å². The van der Waals surface area contributed by atoms with Gasteiger partial charge in [0.2, 0.25) is 0 Å². The molecule has 82 valence electrons. The Kier molecular flexibility index (Phi) is 3.65. The van der Waals surface area contributed by atoms with Gasteiger partial charge in [-0.3, -0.25) is 0 Å². The third-order valence-corrected chi connectivity index (χ3v) is 3.87. The zero-order valence-corrected chi connectivity index (χ0v) is 9.74. The largest absolute Gasteiger partial charge is 0.309 e. The summed E-state index contributed by atoms with van der Waals surface area (Å²) in [5, 5.41) is 3.41. The van der Waals surface area contributed by atoms with E-state index in [2.05, 4.69) is 5.32 Å². The molecule has 1 unspecified atom stereocenters. The van der Waals surface area contributed by atoms with Crippen LogP contribution in [0.5, 0.6) is 0 Å². The minimum absolute atomic E-state index is 0.0984. The summed E-state index contributed by atoms with van der Waals surface area (Å²) in [6, 6.07) is 5.85. The summed E-state index contributed by atoms with van der Waals surface area (Å²) in [6.45, 7) is 2.65. The van der Waals surface area contributed by atoms with E-state index in [1.807, 2.05) is 30.8 Å². The van der Waals surface area contributed by atoms with Crippen molar-refractivity contribution in [2.24, 2.45) is 0 Å². The van der Waals surface area contributed by atoms with Crippen LogP contribution in [0.4, 0.5) is 4.39 Å². The van der Waals surface area contributed by atoms with Crippen molar-refractivity contribution in [1.82, 2.24) is 5.32 Å². The Morgan fingerprint density at radius 2 is 2.40 bits per heavy atom. The molecule has 1 N–H and O–H groups in total. The van der Waals surface area contributed by atoms with Crippen molar-refractivity contribution in [3.05, 3.63) is 35.1 Å². The van der Waals surface area contributed by atoms with Crippen molar-refractivity contribution in [3.63, 3.8) is 0 Å². The Morgan fingerprint density at radius 1 is 1.53 bits per heavy atom. The molecule has 1 aromatic carbocycles. The predicted molar refractivity (Wildman–Crippen MR) is 63.7 cm³/mol. The fraction of sp³-hybridized carbons (Fsp3) is 0.500. The van der Waals surface area contributed by atoms with Crippen LogP contribution in [0.1, 0.15) is 17.5 Å². The van der Waals surface area contributed by atoms with Gasteiger partial charge in [-0.15, -0.1) is 0 Å². The molecule has 1 saturated heterocycles. The highest BCUT2D eigenvalue weighted by molar-refractivity contribution is 7.99. The second-order valence-electron chi connectivity index (χ2n) is 4.04. The molecule has 15 heavy (non-hydrogen) atoms. The average Bonchev–Trinajstić information content (AvgIpc) is 2.72. The van der Waals surface area contributed by atoms with Gasteiger partial charge < -0.3 is 5.32 Å². The van der Waals surface area contributed by atoms with Crippen LogP contribution in [-0.4, -0.2) is 17.5 Å². The summed E-state index contributed by atoms with van der Waals surface area (Å²) in [5.74, 6) is 2.29. The lowest BCUT2D eigenvalue weighted by molar-refractivity contribution is 0.534. The normalized spacial score (nSPS) is 20.8. The summed E-state index contributed by atoms with van der Waals surface area (Å²) >= 11 is 1.97. The lowest BCUT2D eigenvalue weighted by atomic mass is 10.1. The van der Waals surface area contributed by atoms with Crippen molar-refractivity contribution >= 4 is 11.8 Å². The fourth-order valence-electron chi connectivity index (χ4n) is 1.79. The first-order valence-electron chi connectivity index (χ1n) is 5.32. The van der Waals surface area contributed by atoms with Crippen molar-refractivity contribution in [2.75, 3.05) is 11.5 Å². The zero-order chi connectivity index (χ0) is 10.7. The van der Waals surface area contributed by atoms with E-state index >= 15 is 0 Å². The van der Waals surface area contributed by atoms with E-state index in [1.165, 1.54) is 12.2 Å². The van der Waals surface area contributed by atoms with Crippen LogP contribution in [0.15, 0.2) is 18.2 Å². The third-order valence-electron chi connectivity index (χ3n) is 2.71. The molecule has 1 fully saturated rings. The Balaban J connectivity index is 1.94. The average molecular weight is 225 g/mol. The number of nitrogens with one attached hydrogen (secondary N) is 1. The molecule has 3 heteroatoms. The van der Waals surface area contributed by atoms with Gasteiger partial charge in [0, 0.05) is 23.9 Å². The SMILES string of the molecule is Cc1ccc(F)c(CNC2CCSC2)c1. The fourth-order valence-corrected chi connectivity index (χ4v) is 2.98. The van der Waals surface area contributed by atoms with Crippen molar-refractivity contribution in [3.8, 4) is 0 Å². The van der Waals surface area contributed by atoms with E-state index in [4.69, 9.17) is 0 Å². The Morgan fingerprint density at radius 3 is 3.13 bits per heavy atom. The monoisotopic (exact) mass is 225 g/mol. The topological polar surface area (TPSA) is 12.0 Å². The van der Waals surface area contributed by atoms with Crippen LogP contribution in [0, 0.1) is 12.7 Å². The van der Waals surface area contributed by atoms with E-state index < -0.39 is 0 Å². The van der Waals surface area contributed by atoms with Gasteiger partial charge in [-0.2, -0.15) is 11.8 Å². The first-order valence-corrected chi connectivity index (χ1v) is 6.47. The number of benzene rings is 1. The predicted octanol–water partition coefficient (Wildman–Crippen LogP) is 2.73. The number of rotatable bonds is 3. The van der Waals surface area contributed by atoms with Crippen molar-refractivity contribution < 1.29 is 4.39 Å². The molecule has 1 atom stereocenters. The summed E-state index contributed by atoms with van der Waals surface area (Å²) in [6.07, 6.45) is 1.21.